The van der Waals surface area contributed by atoms with Crippen LogP contribution in [0, 0.1) is 0 Å². The molecule has 2 aromatic rings. The zero-order valence-corrected chi connectivity index (χ0v) is 11.5. The van der Waals surface area contributed by atoms with E-state index in [2.05, 4.69) is 10.6 Å². The molecule has 0 saturated heterocycles. The summed E-state index contributed by atoms with van der Waals surface area (Å²) in [4.78, 5) is 11.8. The van der Waals surface area contributed by atoms with Crippen LogP contribution in [0.2, 0.25) is 5.02 Å². The molecule has 0 fully saturated rings. The standard InChI is InChI=1S/C14H13ClN2O3/c1-16-13-9-5-10(15)12(6-11(9)17-14(13)18)20-7-8-3-2-4-19-8/h2-6,13,16H,7H2,1H3,(H,17,18). The summed E-state index contributed by atoms with van der Waals surface area (Å²) < 4.78 is 10.8. The van der Waals surface area contributed by atoms with E-state index in [4.69, 9.17) is 20.8 Å². The number of halogens is 1. The summed E-state index contributed by atoms with van der Waals surface area (Å²) in [5, 5.41) is 6.20. The second-order valence-corrected chi connectivity index (χ2v) is 4.86. The van der Waals surface area contributed by atoms with Crippen molar-refractivity contribution in [2.24, 2.45) is 0 Å². The Morgan fingerprint density at radius 2 is 2.35 bits per heavy atom. The van der Waals surface area contributed by atoms with E-state index >= 15 is 0 Å². The lowest BCUT2D eigenvalue weighted by molar-refractivity contribution is -0.117. The highest BCUT2D eigenvalue weighted by Crippen LogP contribution is 2.38. The van der Waals surface area contributed by atoms with Gasteiger partial charge in [-0.1, -0.05) is 11.6 Å². The summed E-state index contributed by atoms with van der Waals surface area (Å²) in [5.41, 5.74) is 1.54. The molecule has 5 nitrogen and oxygen atoms in total. The third-order valence-corrected chi connectivity index (χ3v) is 3.47. The fourth-order valence-corrected chi connectivity index (χ4v) is 2.43. The second-order valence-electron chi connectivity index (χ2n) is 4.45. The largest absolute Gasteiger partial charge is 0.484 e. The van der Waals surface area contributed by atoms with Gasteiger partial charge in [-0.2, -0.15) is 0 Å². The van der Waals surface area contributed by atoms with Gasteiger partial charge in [-0.3, -0.25) is 4.79 Å². The van der Waals surface area contributed by atoms with Gasteiger partial charge in [0.15, 0.2) is 0 Å². The van der Waals surface area contributed by atoms with Crippen molar-refractivity contribution in [1.82, 2.24) is 5.32 Å². The summed E-state index contributed by atoms with van der Waals surface area (Å²) in [6.45, 7) is 0.287. The zero-order chi connectivity index (χ0) is 14.1. The van der Waals surface area contributed by atoms with Crippen molar-refractivity contribution in [2.75, 3.05) is 12.4 Å². The van der Waals surface area contributed by atoms with E-state index in [1.807, 2.05) is 6.07 Å². The van der Waals surface area contributed by atoms with Crippen LogP contribution in [0.15, 0.2) is 34.9 Å². The van der Waals surface area contributed by atoms with Crippen LogP contribution in [0.5, 0.6) is 5.75 Å². The Labute approximate surface area is 120 Å². The van der Waals surface area contributed by atoms with Gasteiger partial charge in [-0.25, -0.2) is 0 Å². The second kappa shape index (κ2) is 5.19. The number of carbonyl (C=O) groups excluding carboxylic acids is 1. The number of carbonyl (C=O) groups is 1. The fourth-order valence-electron chi connectivity index (χ4n) is 2.20. The number of furan rings is 1. The van der Waals surface area contributed by atoms with Gasteiger partial charge in [0.1, 0.15) is 24.2 Å². The number of ether oxygens (including phenoxy) is 1. The van der Waals surface area contributed by atoms with Crippen molar-refractivity contribution in [3.63, 3.8) is 0 Å². The van der Waals surface area contributed by atoms with Crippen LogP contribution in [0.1, 0.15) is 17.4 Å². The van der Waals surface area contributed by atoms with E-state index in [9.17, 15) is 4.79 Å². The molecule has 1 aliphatic heterocycles. The first-order valence-corrected chi connectivity index (χ1v) is 6.53. The minimum absolute atomic E-state index is 0.0956. The number of hydrogen-bond acceptors (Lipinski definition) is 4. The molecule has 0 aliphatic carbocycles. The van der Waals surface area contributed by atoms with Crippen LogP contribution >= 0.6 is 11.6 Å². The summed E-state index contributed by atoms with van der Waals surface area (Å²) in [5.74, 6) is 1.12. The van der Waals surface area contributed by atoms with Crippen LogP contribution in [0.4, 0.5) is 5.69 Å². The topological polar surface area (TPSA) is 63.5 Å². The SMILES string of the molecule is CNC1C(=O)Nc2cc(OCc3ccco3)c(Cl)cc21. The summed E-state index contributed by atoms with van der Waals surface area (Å²) in [6.07, 6.45) is 1.58. The first kappa shape index (κ1) is 13.0. The number of amides is 1. The van der Waals surface area contributed by atoms with Gasteiger partial charge in [0.25, 0.3) is 0 Å². The summed E-state index contributed by atoms with van der Waals surface area (Å²) in [6, 6.07) is 6.71. The molecule has 3 rings (SSSR count). The lowest BCUT2D eigenvalue weighted by Crippen LogP contribution is -2.23. The highest BCUT2D eigenvalue weighted by atomic mass is 35.5. The smallest absolute Gasteiger partial charge is 0.246 e. The Balaban J connectivity index is 1.84. The number of rotatable bonds is 4. The highest BCUT2D eigenvalue weighted by molar-refractivity contribution is 6.32. The molecule has 0 bridgehead atoms. The van der Waals surface area contributed by atoms with Gasteiger partial charge in [0, 0.05) is 17.3 Å². The highest BCUT2D eigenvalue weighted by Gasteiger charge is 2.30. The lowest BCUT2D eigenvalue weighted by atomic mass is 10.1. The molecule has 1 aromatic heterocycles. The van der Waals surface area contributed by atoms with E-state index in [1.54, 1.807) is 31.5 Å². The third kappa shape index (κ3) is 2.26. The number of anilines is 1. The lowest BCUT2D eigenvalue weighted by Gasteiger charge is -2.10. The first-order valence-electron chi connectivity index (χ1n) is 6.16. The number of hydrogen-bond donors (Lipinski definition) is 2. The van der Waals surface area contributed by atoms with Gasteiger partial charge in [0.2, 0.25) is 5.91 Å². The molecular formula is C14H13ClN2O3. The van der Waals surface area contributed by atoms with Gasteiger partial charge in [0.05, 0.1) is 11.3 Å². The Kier molecular flexibility index (Phi) is 3.38. The van der Waals surface area contributed by atoms with Crippen molar-refractivity contribution in [3.05, 3.63) is 46.9 Å². The number of fused-ring (bicyclic) bond motifs is 1. The van der Waals surface area contributed by atoms with Crippen molar-refractivity contribution in [2.45, 2.75) is 12.6 Å². The van der Waals surface area contributed by atoms with Crippen LogP contribution in [0.25, 0.3) is 0 Å². The molecule has 0 spiro atoms. The molecule has 104 valence electrons. The van der Waals surface area contributed by atoms with Crippen molar-refractivity contribution >= 4 is 23.2 Å². The molecule has 1 atom stereocenters. The average Bonchev–Trinajstić information content (AvgIpc) is 3.03. The number of benzene rings is 1. The molecule has 2 N–H and O–H groups in total. The maximum Gasteiger partial charge on any atom is 0.246 e. The van der Waals surface area contributed by atoms with E-state index in [0.717, 1.165) is 5.56 Å². The van der Waals surface area contributed by atoms with E-state index < -0.39 is 0 Å². The Morgan fingerprint density at radius 1 is 1.50 bits per heavy atom. The minimum atomic E-state index is -0.373. The molecular weight excluding hydrogens is 280 g/mol. The Morgan fingerprint density at radius 3 is 3.05 bits per heavy atom. The molecule has 1 unspecified atom stereocenters. The maximum absolute atomic E-state index is 11.8. The predicted octanol–water partition coefficient (Wildman–Crippen LogP) is 2.72. The van der Waals surface area contributed by atoms with Gasteiger partial charge in [-0.05, 0) is 25.2 Å². The van der Waals surface area contributed by atoms with Crippen molar-refractivity contribution < 1.29 is 13.9 Å². The van der Waals surface area contributed by atoms with E-state index in [-0.39, 0.29) is 18.6 Å². The Hall–Kier alpha value is -1.98. The maximum atomic E-state index is 11.8. The molecule has 1 amide bonds. The summed E-state index contributed by atoms with van der Waals surface area (Å²) >= 11 is 6.20. The predicted molar refractivity (Wildman–Crippen MR) is 74.9 cm³/mol. The van der Waals surface area contributed by atoms with Crippen LogP contribution in [-0.2, 0) is 11.4 Å². The Bertz CT molecular complexity index is 640. The van der Waals surface area contributed by atoms with Gasteiger partial charge >= 0.3 is 0 Å². The molecule has 0 radical (unpaired) electrons. The number of nitrogens with one attached hydrogen (secondary N) is 2. The molecule has 6 heteroatoms. The van der Waals surface area contributed by atoms with Crippen molar-refractivity contribution in [1.29, 1.82) is 0 Å². The molecule has 20 heavy (non-hydrogen) atoms. The quantitative estimate of drug-likeness (QED) is 0.909. The first-order chi connectivity index (χ1) is 9.69. The minimum Gasteiger partial charge on any atom is -0.484 e. The van der Waals surface area contributed by atoms with Gasteiger partial charge in [-0.15, -0.1) is 0 Å². The van der Waals surface area contributed by atoms with Crippen LogP contribution in [-0.4, -0.2) is 13.0 Å². The fraction of sp³-hybridized carbons (Fsp3) is 0.214. The number of likely N-dealkylation sites (N-methyl/N-ethyl adjacent to an activating group) is 1. The van der Waals surface area contributed by atoms with E-state index in [0.29, 0.717) is 22.2 Å². The van der Waals surface area contributed by atoms with Crippen molar-refractivity contribution in [3.8, 4) is 5.75 Å². The summed E-state index contributed by atoms with van der Waals surface area (Å²) in [7, 11) is 1.73. The van der Waals surface area contributed by atoms with Crippen LogP contribution in [0.3, 0.4) is 0 Å². The molecule has 1 aromatic carbocycles. The van der Waals surface area contributed by atoms with Crippen LogP contribution < -0.4 is 15.4 Å². The normalized spacial score (nSPS) is 16.9. The van der Waals surface area contributed by atoms with E-state index in [1.165, 1.54) is 0 Å². The zero-order valence-electron chi connectivity index (χ0n) is 10.8. The third-order valence-electron chi connectivity index (χ3n) is 3.17. The molecule has 0 saturated carbocycles. The molecule has 1 aliphatic rings. The molecule has 2 heterocycles. The van der Waals surface area contributed by atoms with Gasteiger partial charge < -0.3 is 19.8 Å². The monoisotopic (exact) mass is 292 g/mol. The average molecular weight is 293 g/mol.